The first-order valence-corrected chi connectivity index (χ1v) is 4.35. The number of methoxy groups -OCH3 is 2. The van der Waals surface area contributed by atoms with E-state index in [4.69, 9.17) is 9.47 Å². The Hall–Kier alpha value is -1.20. The molecule has 1 heterocycles. The number of nitrogens with one attached hydrogen (secondary N) is 1. The summed E-state index contributed by atoms with van der Waals surface area (Å²) < 4.78 is 10.0. The number of rotatable bonds is 5. The molecule has 0 radical (unpaired) electrons. The number of anilines is 1. The molecule has 5 heteroatoms. The van der Waals surface area contributed by atoms with Crippen molar-refractivity contribution in [2.75, 3.05) is 26.1 Å². The van der Waals surface area contributed by atoms with Crippen LogP contribution in [0.15, 0.2) is 12.3 Å². The number of hydrogen-bond acceptors (Lipinski definition) is 5. The van der Waals surface area contributed by atoms with Crippen LogP contribution in [0.1, 0.15) is 5.69 Å². The van der Waals surface area contributed by atoms with E-state index < -0.39 is 0 Å². The molecule has 5 nitrogen and oxygen atoms in total. The van der Waals surface area contributed by atoms with Crippen molar-refractivity contribution in [3.8, 4) is 0 Å². The minimum absolute atomic E-state index is 0.279. The van der Waals surface area contributed by atoms with Gasteiger partial charge in [-0.25, -0.2) is 9.97 Å². The number of aromatic nitrogens is 2. The molecule has 0 bridgehead atoms. The van der Waals surface area contributed by atoms with Crippen LogP contribution >= 0.6 is 0 Å². The van der Waals surface area contributed by atoms with Gasteiger partial charge in [0.25, 0.3) is 0 Å². The third-order valence-electron chi connectivity index (χ3n) is 1.75. The fraction of sp³-hybridized carbons (Fsp3) is 0.556. The molecule has 0 saturated carbocycles. The van der Waals surface area contributed by atoms with Crippen molar-refractivity contribution in [2.24, 2.45) is 0 Å². The molecule has 0 unspecified atom stereocenters. The van der Waals surface area contributed by atoms with Gasteiger partial charge in [0.1, 0.15) is 0 Å². The zero-order valence-corrected chi connectivity index (χ0v) is 8.65. The molecule has 0 aliphatic rings. The van der Waals surface area contributed by atoms with Crippen LogP contribution in [0, 0.1) is 6.92 Å². The van der Waals surface area contributed by atoms with Crippen LogP contribution in [0.4, 0.5) is 5.95 Å². The molecule has 0 aliphatic carbocycles. The molecule has 0 aromatic carbocycles. The van der Waals surface area contributed by atoms with E-state index in [1.807, 2.05) is 13.0 Å². The Morgan fingerprint density at radius 2 is 2.14 bits per heavy atom. The van der Waals surface area contributed by atoms with E-state index >= 15 is 0 Å². The van der Waals surface area contributed by atoms with Crippen molar-refractivity contribution in [1.82, 2.24) is 9.97 Å². The minimum Gasteiger partial charge on any atom is -0.354 e. The third-order valence-corrected chi connectivity index (χ3v) is 1.75. The number of ether oxygens (including phenoxy) is 2. The molecule has 0 amide bonds. The van der Waals surface area contributed by atoms with E-state index in [9.17, 15) is 0 Å². The molecule has 1 aromatic rings. The summed E-state index contributed by atoms with van der Waals surface area (Å²) in [6.45, 7) is 2.44. The first kappa shape index (κ1) is 10.9. The van der Waals surface area contributed by atoms with E-state index in [1.165, 1.54) is 0 Å². The molecular weight excluding hydrogens is 182 g/mol. The van der Waals surface area contributed by atoms with Crippen molar-refractivity contribution < 1.29 is 9.47 Å². The van der Waals surface area contributed by atoms with E-state index in [0.717, 1.165) is 5.69 Å². The highest BCUT2D eigenvalue weighted by Crippen LogP contribution is 1.99. The average Bonchev–Trinajstić information content (AvgIpc) is 2.19. The summed E-state index contributed by atoms with van der Waals surface area (Å²) in [5.74, 6) is 0.587. The lowest BCUT2D eigenvalue weighted by molar-refractivity contribution is -0.0914. The van der Waals surface area contributed by atoms with E-state index in [1.54, 1.807) is 20.4 Å². The van der Waals surface area contributed by atoms with Crippen molar-refractivity contribution in [3.05, 3.63) is 18.0 Å². The molecule has 0 spiro atoms. The van der Waals surface area contributed by atoms with Gasteiger partial charge in [-0.15, -0.1) is 0 Å². The van der Waals surface area contributed by atoms with Crippen LogP contribution in [0.2, 0.25) is 0 Å². The smallest absolute Gasteiger partial charge is 0.223 e. The Balaban J connectivity index is 2.44. The second kappa shape index (κ2) is 5.51. The zero-order valence-electron chi connectivity index (χ0n) is 8.65. The van der Waals surface area contributed by atoms with Crippen LogP contribution in [0.5, 0.6) is 0 Å². The van der Waals surface area contributed by atoms with Gasteiger partial charge in [0.15, 0.2) is 6.29 Å². The summed E-state index contributed by atoms with van der Waals surface area (Å²) in [5.41, 5.74) is 0.925. The van der Waals surface area contributed by atoms with Gasteiger partial charge in [-0.1, -0.05) is 0 Å². The van der Waals surface area contributed by atoms with Gasteiger partial charge < -0.3 is 14.8 Å². The first-order chi connectivity index (χ1) is 6.76. The van der Waals surface area contributed by atoms with Crippen LogP contribution in [-0.4, -0.2) is 37.0 Å². The molecule has 0 saturated heterocycles. The van der Waals surface area contributed by atoms with E-state index in [2.05, 4.69) is 15.3 Å². The highest BCUT2D eigenvalue weighted by molar-refractivity contribution is 5.24. The maximum atomic E-state index is 5.01. The Morgan fingerprint density at radius 3 is 2.71 bits per heavy atom. The second-order valence-electron chi connectivity index (χ2n) is 2.80. The maximum absolute atomic E-state index is 5.01. The van der Waals surface area contributed by atoms with Crippen LogP contribution in [0.25, 0.3) is 0 Å². The highest BCUT2D eigenvalue weighted by Gasteiger charge is 2.04. The SMILES string of the molecule is COC(CNc1nccc(C)n1)OC. The predicted octanol–water partition coefficient (Wildman–Crippen LogP) is 0.816. The zero-order chi connectivity index (χ0) is 10.4. The topological polar surface area (TPSA) is 56.3 Å². The molecule has 1 aromatic heterocycles. The van der Waals surface area contributed by atoms with Crippen molar-refractivity contribution >= 4 is 5.95 Å². The molecule has 0 aliphatic heterocycles. The lowest BCUT2D eigenvalue weighted by atomic mass is 10.5. The first-order valence-electron chi connectivity index (χ1n) is 4.35. The summed E-state index contributed by atoms with van der Waals surface area (Å²) in [5, 5.41) is 3.02. The molecule has 1 N–H and O–H groups in total. The molecule has 78 valence electrons. The molecular formula is C9H15N3O2. The number of hydrogen-bond donors (Lipinski definition) is 1. The summed E-state index contributed by atoms with van der Waals surface area (Å²) in [4.78, 5) is 8.23. The Kier molecular flexibility index (Phi) is 4.28. The van der Waals surface area contributed by atoms with Gasteiger partial charge >= 0.3 is 0 Å². The standard InChI is InChI=1S/C9H15N3O2/c1-7-4-5-10-9(12-7)11-6-8(13-2)14-3/h4-5,8H,6H2,1-3H3,(H,10,11,12). The van der Waals surface area contributed by atoms with Crippen molar-refractivity contribution in [1.29, 1.82) is 0 Å². The Morgan fingerprint density at radius 1 is 1.43 bits per heavy atom. The average molecular weight is 197 g/mol. The quantitative estimate of drug-likeness (QED) is 0.708. The van der Waals surface area contributed by atoms with Crippen LogP contribution in [0.3, 0.4) is 0 Å². The summed E-state index contributed by atoms with van der Waals surface area (Å²) in [7, 11) is 3.18. The number of aryl methyl sites for hydroxylation is 1. The van der Waals surface area contributed by atoms with Gasteiger partial charge in [0.05, 0.1) is 6.54 Å². The van der Waals surface area contributed by atoms with Crippen LogP contribution in [-0.2, 0) is 9.47 Å². The summed E-state index contributed by atoms with van der Waals surface area (Å²) in [6, 6.07) is 1.84. The largest absolute Gasteiger partial charge is 0.354 e. The van der Waals surface area contributed by atoms with Crippen LogP contribution < -0.4 is 5.32 Å². The van der Waals surface area contributed by atoms with E-state index in [0.29, 0.717) is 12.5 Å². The Labute approximate surface area is 83.5 Å². The molecule has 1 rings (SSSR count). The van der Waals surface area contributed by atoms with E-state index in [-0.39, 0.29) is 6.29 Å². The van der Waals surface area contributed by atoms with Gasteiger partial charge in [0.2, 0.25) is 5.95 Å². The lowest BCUT2D eigenvalue weighted by Gasteiger charge is -2.13. The molecule has 0 fully saturated rings. The lowest BCUT2D eigenvalue weighted by Crippen LogP contribution is -2.24. The summed E-state index contributed by atoms with van der Waals surface area (Å²) >= 11 is 0. The molecule has 14 heavy (non-hydrogen) atoms. The third kappa shape index (κ3) is 3.27. The number of nitrogens with zero attached hydrogens (tertiary/aromatic N) is 2. The fourth-order valence-electron chi connectivity index (χ4n) is 0.972. The van der Waals surface area contributed by atoms with Gasteiger partial charge in [0, 0.05) is 26.1 Å². The van der Waals surface area contributed by atoms with Gasteiger partial charge in [-0.2, -0.15) is 0 Å². The van der Waals surface area contributed by atoms with Crippen molar-refractivity contribution in [3.63, 3.8) is 0 Å². The summed E-state index contributed by atoms with van der Waals surface area (Å²) in [6.07, 6.45) is 1.43. The minimum atomic E-state index is -0.279. The fourth-order valence-corrected chi connectivity index (χ4v) is 0.972. The van der Waals surface area contributed by atoms with Gasteiger partial charge in [-0.3, -0.25) is 0 Å². The predicted molar refractivity (Wildman–Crippen MR) is 53.1 cm³/mol. The monoisotopic (exact) mass is 197 g/mol. The maximum Gasteiger partial charge on any atom is 0.223 e. The second-order valence-corrected chi connectivity index (χ2v) is 2.80. The highest BCUT2D eigenvalue weighted by atomic mass is 16.7. The molecule has 0 atom stereocenters. The Bertz CT molecular complexity index is 277. The van der Waals surface area contributed by atoms with Crippen molar-refractivity contribution in [2.45, 2.75) is 13.2 Å². The van der Waals surface area contributed by atoms with Gasteiger partial charge in [-0.05, 0) is 13.0 Å². The normalized spacial score (nSPS) is 10.6.